The van der Waals surface area contributed by atoms with Crippen LogP contribution in [0.4, 0.5) is 9.59 Å². The van der Waals surface area contributed by atoms with Crippen LogP contribution in [0, 0.1) is 0 Å². The van der Waals surface area contributed by atoms with E-state index in [1.807, 2.05) is 0 Å². The van der Waals surface area contributed by atoms with E-state index in [9.17, 15) is 19.5 Å². The summed E-state index contributed by atoms with van der Waals surface area (Å²) in [6.07, 6.45) is 16.1. The number of carboxylic acid groups (broad SMARTS) is 1. The summed E-state index contributed by atoms with van der Waals surface area (Å²) in [6.45, 7) is 4.41. The van der Waals surface area contributed by atoms with Crippen molar-refractivity contribution in [1.29, 1.82) is 0 Å². The summed E-state index contributed by atoms with van der Waals surface area (Å²) >= 11 is 0. The van der Waals surface area contributed by atoms with Crippen molar-refractivity contribution in [2.45, 2.75) is 109 Å². The molecule has 2 aliphatic carbocycles. The van der Waals surface area contributed by atoms with Crippen LogP contribution in [0.3, 0.4) is 0 Å². The molecule has 0 unspecified atom stereocenters. The number of carbonyl (C=O) groups excluding carboxylic acids is 3. The number of aromatic nitrogens is 2. The minimum Gasteiger partial charge on any atom is -0.546 e. The number of rotatable bonds is 7. The molecule has 3 N–H and O–H groups in total. The smallest absolute Gasteiger partial charge is 0.437 e. The van der Waals surface area contributed by atoms with E-state index in [-0.39, 0.29) is 12.6 Å². The lowest BCUT2D eigenvalue weighted by atomic mass is 9.91. The van der Waals surface area contributed by atoms with Crippen LogP contribution in [-0.2, 0) is 20.9 Å². The molecule has 1 heterocycles. The van der Waals surface area contributed by atoms with Crippen molar-refractivity contribution in [1.82, 2.24) is 15.1 Å². The Bertz CT molecular complexity index is 1150. The number of nitrogens with one attached hydrogen (secondary N) is 1. The van der Waals surface area contributed by atoms with Gasteiger partial charge >= 0.3 is 12.2 Å². The standard InChI is InChI=1S/C19H22N4O7.C12H23N/c1-19(2,3)30-18(27)22-16(23-10-4-9-20-23)21-17(26)29-11-13-5-7-14(8-6-13)28-12-15(24)25;1-3-7-11(8-4-1)13-12-9-5-2-6-10-12/h4-10H,11-12H2,1-3H3,(H,24,25)(H,21,22,26,27);11-13H,1-10H2. The normalized spacial score (nSPS) is 16.4. The predicted molar refractivity (Wildman–Crippen MR) is 157 cm³/mol. The minimum atomic E-state index is -1.33. The van der Waals surface area contributed by atoms with Gasteiger partial charge in [-0.2, -0.15) is 5.10 Å². The number of aliphatic carboxylic acids is 1. The second-order valence-corrected chi connectivity index (χ2v) is 11.9. The number of quaternary nitrogens is 1. The molecule has 2 fully saturated rings. The van der Waals surface area contributed by atoms with E-state index < -0.39 is 30.4 Å². The molecule has 1 aromatic carbocycles. The zero-order valence-electron chi connectivity index (χ0n) is 25.5. The van der Waals surface area contributed by atoms with Crippen molar-refractivity contribution < 1.29 is 39.0 Å². The third kappa shape index (κ3) is 13.7. The van der Waals surface area contributed by atoms with Crippen molar-refractivity contribution in [2.75, 3.05) is 6.61 Å². The van der Waals surface area contributed by atoms with Gasteiger partial charge in [0.25, 0.3) is 0 Å². The van der Waals surface area contributed by atoms with Gasteiger partial charge in [0.05, 0.1) is 18.1 Å². The first-order chi connectivity index (χ1) is 20.6. The highest BCUT2D eigenvalue weighted by molar-refractivity contribution is 5.99. The van der Waals surface area contributed by atoms with Crippen LogP contribution < -0.4 is 20.5 Å². The molecule has 2 saturated carbocycles. The van der Waals surface area contributed by atoms with Gasteiger partial charge in [-0.3, -0.25) is 5.32 Å². The molecule has 236 valence electrons. The number of carboxylic acids is 1. The number of aliphatic imine (C=N–C) groups is 1. The molecule has 43 heavy (non-hydrogen) atoms. The van der Waals surface area contributed by atoms with Crippen LogP contribution >= 0.6 is 0 Å². The largest absolute Gasteiger partial charge is 0.546 e. The van der Waals surface area contributed by atoms with E-state index in [0.717, 1.165) is 12.1 Å². The first-order valence-corrected chi connectivity index (χ1v) is 15.1. The van der Waals surface area contributed by atoms with Crippen LogP contribution in [0.5, 0.6) is 5.75 Å². The Hall–Kier alpha value is -3.93. The van der Waals surface area contributed by atoms with Crippen LogP contribution in [0.25, 0.3) is 0 Å². The number of alkyl carbamates (subject to hydrolysis) is 1. The highest BCUT2D eigenvalue weighted by atomic mass is 16.6. The average Bonchev–Trinajstić information content (AvgIpc) is 3.51. The predicted octanol–water partition coefficient (Wildman–Crippen LogP) is 3.29. The summed E-state index contributed by atoms with van der Waals surface area (Å²) in [7, 11) is 0. The molecule has 0 aliphatic heterocycles. The molecule has 0 spiro atoms. The van der Waals surface area contributed by atoms with Gasteiger partial charge in [0.15, 0.2) is 0 Å². The van der Waals surface area contributed by atoms with Crippen molar-refractivity contribution >= 4 is 24.1 Å². The highest BCUT2D eigenvalue weighted by Gasteiger charge is 2.23. The summed E-state index contributed by atoms with van der Waals surface area (Å²) in [5.41, 5.74) is -0.128. The average molecular weight is 600 g/mol. The second kappa shape index (κ2) is 17.3. The summed E-state index contributed by atoms with van der Waals surface area (Å²) in [5.74, 6) is -1.20. The number of amides is 2. The molecule has 0 atom stereocenters. The quantitative estimate of drug-likeness (QED) is 0.362. The van der Waals surface area contributed by atoms with E-state index >= 15 is 0 Å². The summed E-state index contributed by atoms with van der Waals surface area (Å²) in [6, 6.07) is 9.81. The maximum absolute atomic E-state index is 12.1. The van der Waals surface area contributed by atoms with E-state index in [0.29, 0.717) is 11.3 Å². The Morgan fingerprint density at radius 2 is 1.60 bits per heavy atom. The molecule has 1 aromatic heterocycles. The zero-order valence-corrected chi connectivity index (χ0v) is 25.5. The van der Waals surface area contributed by atoms with Crippen LogP contribution in [-0.4, -0.2) is 58.2 Å². The van der Waals surface area contributed by atoms with E-state index in [2.05, 4.69) is 20.7 Å². The van der Waals surface area contributed by atoms with E-state index in [1.165, 1.54) is 93.4 Å². The Balaban J connectivity index is 0.000000321. The number of nitrogens with zero attached hydrogens (tertiary/aromatic N) is 3. The Morgan fingerprint density at radius 3 is 2.12 bits per heavy atom. The van der Waals surface area contributed by atoms with Gasteiger partial charge < -0.3 is 29.4 Å². The lowest BCUT2D eigenvalue weighted by molar-refractivity contribution is -0.725. The van der Waals surface area contributed by atoms with Gasteiger partial charge in [-0.05, 0) is 95.9 Å². The van der Waals surface area contributed by atoms with Crippen molar-refractivity contribution in [3.63, 3.8) is 0 Å². The van der Waals surface area contributed by atoms with Gasteiger partial charge in [0, 0.05) is 12.4 Å². The van der Waals surface area contributed by atoms with Crippen LogP contribution in [0.15, 0.2) is 47.7 Å². The first kappa shape index (κ1) is 33.6. The summed E-state index contributed by atoms with van der Waals surface area (Å²) in [4.78, 5) is 38.2. The fraction of sp³-hybridized carbons (Fsp3) is 0.581. The minimum absolute atomic E-state index is 0.109. The van der Waals surface area contributed by atoms with Crippen LogP contribution in [0.2, 0.25) is 0 Å². The molecule has 2 aromatic rings. The maximum Gasteiger partial charge on any atom is 0.437 e. The maximum atomic E-state index is 12.1. The molecule has 0 saturated heterocycles. The molecule has 2 aliphatic rings. The number of ether oxygens (including phenoxy) is 3. The number of benzene rings is 1. The third-order valence-corrected chi connectivity index (χ3v) is 7.02. The molecule has 0 radical (unpaired) electrons. The third-order valence-electron chi connectivity index (χ3n) is 7.02. The monoisotopic (exact) mass is 599 g/mol. The van der Waals surface area contributed by atoms with E-state index in [1.54, 1.807) is 39.0 Å². The van der Waals surface area contributed by atoms with Gasteiger partial charge in [0.1, 0.15) is 24.6 Å². The van der Waals surface area contributed by atoms with Crippen molar-refractivity contribution in [3.05, 3.63) is 48.3 Å². The van der Waals surface area contributed by atoms with E-state index in [4.69, 9.17) is 14.2 Å². The number of carbonyl (C=O) groups is 3. The molecule has 4 rings (SSSR count). The fourth-order valence-corrected chi connectivity index (χ4v) is 5.05. The van der Waals surface area contributed by atoms with Gasteiger partial charge in [-0.25, -0.2) is 14.3 Å². The topological polar surface area (TPSA) is 161 Å². The fourth-order valence-electron chi connectivity index (χ4n) is 5.05. The number of nitrogens with two attached hydrogens (primary N) is 1. The van der Waals surface area contributed by atoms with Crippen LogP contribution in [0.1, 0.15) is 90.5 Å². The zero-order chi connectivity index (χ0) is 31.1. The van der Waals surface area contributed by atoms with Crippen molar-refractivity contribution in [2.24, 2.45) is 4.99 Å². The molecular weight excluding hydrogens is 554 g/mol. The SMILES string of the molecule is C1CCC([NH2+]C2CCCCC2)CC1.CC(C)(C)OC(=O)N/C(=N\C(=O)OCc1ccc(OCC(=O)[O-])cc1)n1cccn1. The van der Waals surface area contributed by atoms with Gasteiger partial charge in [-0.15, -0.1) is 4.99 Å². The molecule has 2 amide bonds. The van der Waals surface area contributed by atoms with Gasteiger partial charge in [-0.1, -0.05) is 25.0 Å². The Kier molecular flexibility index (Phi) is 13.5. The highest BCUT2D eigenvalue weighted by Crippen LogP contribution is 2.18. The number of hydrogen-bond donors (Lipinski definition) is 2. The lowest BCUT2D eigenvalue weighted by Gasteiger charge is -2.27. The van der Waals surface area contributed by atoms with Gasteiger partial charge in [0.2, 0.25) is 5.96 Å². The summed E-state index contributed by atoms with van der Waals surface area (Å²) in [5, 5.41) is 19.4. The van der Waals surface area contributed by atoms with Crippen molar-refractivity contribution in [3.8, 4) is 5.75 Å². The molecule has 12 heteroatoms. The first-order valence-electron chi connectivity index (χ1n) is 15.1. The second-order valence-electron chi connectivity index (χ2n) is 11.9. The molecular formula is C31H45N5O7. The molecule has 0 bridgehead atoms. The molecule has 12 nitrogen and oxygen atoms in total. The number of hydrogen-bond acceptors (Lipinski definition) is 8. The Morgan fingerprint density at radius 1 is 1.00 bits per heavy atom. The summed E-state index contributed by atoms with van der Waals surface area (Å²) < 4.78 is 16.4. The Labute approximate surface area is 253 Å². The lowest BCUT2D eigenvalue weighted by Crippen LogP contribution is -2.95.